The Kier molecular flexibility index (Phi) is 11.6. The lowest BCUT2D eigenvalue weighted by Crippen LogP contribution is -2.54. The zero-order chi connectivity index (χ0) is 30.2. The molecule has 10 heteroatoms. The van der Waals surface area contributed by atoms with Crippen molar-refractivity contribution in [3.8, 4) is 0 Å². The third kappa shape index (κ3) is 8.47. The van der Waals surface area contributed by atoms with E-state index in [1.54, 1.807) is 18.2 Å². The summed E-state index contributed by atoms with van der Waals surface area (Å²) in [6.45, 7) is 7.20. The Labute approximate surface area is 253 Å². The first-order valence-electron chi connectivity index (χ1n) is 13.7. The molecule has 41 heavy (non-hydrogen) atoms. The van der Waals surface area contributed by atoms with E-state index < -0.39 is 28.5 Å². The summed E-state index contributed by atoms with van der Waals surface area (Å²) in [4.78, 5) is 28.9. The van der Waals surface area contributed by atoms with Gasteiger partial charge in [-0.25, -0.2) is 8.42 Å². The molecule has 220 valence electrons. The maximum Gasteiger partial charge on any atom is 0.264 e. The molecule has 0 aromatic heterocycles. The fourth-order valence-corrected chi connectivity index (χ4v) is 6.23. The lowest BCUT2D eigenvalue weighted by molar-refractivity contribution is -0.139. The molecule has 0 radical (unpaired) electrons. The van der Waals surface area contributed by atoms with E-state index in [9.17, 15) is 18.0 Å². The van der Waals surface area contributed by atoms with Crippen molar-refractivity contribution in [2.24, 2.45) is 0 Å². The molecule has 0 spiro atoms. The van der Waals surface area contributed by atoms with Crippen molar-refractivity contribution in [1.29, 1.82) is 0 Å². The van der Waals surface area contributed by atoms with Crippen LogP contribution < -0.4 is 9.62 Å². The Balaban J connectivity index is 2.05. The summed E-state index contributed by atoms with van der Waals surface area (Å²) in [6, 6.07) is 19.6. The summed E-state index contributed by atoms with van der Waals surface area (Å²) in [5, 5.41) is 3.36. The largest absolute Gasteiger partial charge is 0.352 e. The zero-order valence-corrected chi connectivity index (χ0v) is 26.1. The monoisotopic (exact) mass is 617 g/mol. The SMILES string of the molecule is CC[C@@H](C)NC(=O)[C@H](CC)N(CCc1ccccc1)C(=O)CN(c1cc(Cl)ccc1Cl)S(=O)(=O)c1ccc(C)cc1. The van der Waals surface area contributed by atoms with Gasteiger partial charge < -0.3 is 10.2 Å². The van der Waals surface area contributed by atoms with Crippen LogP contribution in [0, 0.1) is 6.92 Å². The minimum atomic E-state index is -4.24. The number of amides is 2. The highest BCUT2D eigenvalue weighted by Gasteiger charge is 2.34. The first kappa shape index (κ1) is 32.4. The molecule has 3 rings (SSSR count). The topological polar surface area (TPSA) is 86.8 Å². The van der Waals surface area contributed by atoms with E-state index in [0.29, 0.717) is 12.8 Å². The molecule has 1 N–H and O–H groups in total. The van der Waals surface area contributed by atoms with Crippen molar-refractivity contribution in [3.63, 3.8) is 0 Å². The van der Waals surface area contributed by atoms with Crippen molar-refractivity contribution in [2.75, 3.05) is 17.4 Å². The maximum atomic E-state index is 14.1. The number of anilines is 1. The molecule has 0 bridgehead atoms. The van der Waals surface area contributed by atoms with E-state index in [1.807, 2.05) is 58.0 Å². The summed E-state index contributed by atoms with van der Waals surface area (Å²) in [6.07, 6.45) is 1.57. The van der Waals surface area contributed by atoms with E-state index in [4.69, 9.17) is 23.2 Å². The quantitative estimate of drug-likeness (QED) is 0.245. The molecule has 0 aliphatic carbocycles. The Morgan fingerprint density at radius 2 is 1.59 bits per heavy atom. The summed E-state index contributed by atoms with van der Waals surface area (Å²) in [7, 11) is -4.24. The van der Waals surface area contributed by atoms with Crippen LogP contribution in [0.3, 0.4) is 0 Å². The smallest absolute Gasteiger partial charge is 0.264 e. The van der Waals surface area contributed by atoms with Crippen LogP contribution in [0.25, 0.3) is 0 Å². The van der Waals surface area contributed by atoms with Crippen molar-refractivity contribution < 1.29 is 18.0 Å². The average Bonchev–Trinajstić information content (AvgIpc) is 2.95. The minimum absolute atomic E-state index is 0.00401. The van der Waals surface area contributed by atoms with Gasteiger partial charge in [-0.1, -0.05) is 85.1 Å². The van der Waals surface area contributed by atoms with Crippen molar-refractivity contribution in [1.82, 2.24) is 10.2 Å². The number of carbonyl (C=O) groups is 2. The normalized spacial score (nSPS) is 12.8. The van der Waals surface area contributed by atoms with Crippen LogP contribution in [0.5, 0.6) is 0 Å². The van der Waals surface area contributed by atoms with Gasteiger partial charge in [-0.2, -0.15) is 0 Å². The Morgan fingerprint density at radius 1 is 0.927 bits per heavy atom. The highest BCUT2D eigenvalue weighted by atomic mass is 35.5. The number of nitrogens with one attached hydrogen (secondary N) is 1. The summed E-state index contributed by atoms with van der Waals surface area (Å²) < 4.78 is 28.9. The van der Waals surface area contributed by atoms with Crippen LogP contribution in [-0.4, -0.2) is 50.3 Å². The van der Waals surface area contributed by atoms with Gasteiger partial charge in [0.2, 0.25) is 11.8 Å². The highest BCUT2D eigenvalue weighted by molar-refractivity contribution is 7.92. The van der Waals surface area contributed by atoms with Crippen LogP contribution in [0.2, 0.25) is 10.0 Å². The van der Waals surface area contributed by atoms with E-state index in [1.165, 1.54) is 29.2 Å². The van der Waals surface area contributed by atoms with E-state index in [-0.39, 0.29) is 39.1 Å². The molecular weight excluding hydrogens is 581 g/mol. The Morgan fingerprint density at radius 3 is 2.20 bits per heavy atom. The lowest BCUT2D eigenvalue weighted by atomic mass is 10.1. The van der Waals surface area contributed by atoms with Crippen molar-refractivity contribution in [3.05, 3.63) is 94.0 Å². The van der Waals surface area contributed by atoms with Gasteiger partial charge in [-0.05, 0) is 69.0 Å². The van der Waals surface area contributed by atoms with Gasteiger partial charge in [-0.3, -0.25) is 13.9 Å². The number of nitrogens with zero attached hydrogens (tertiary/aromatic N) is 2. The number of benzene rings is 3. The molecule has 2 atom stereocenters. The number of hydrogen-bond donors (Lipinski definition) is 1. The third-order valence-electron chi connectivity index (χ3n) is 6.94. The number of aryl methyl sites for hydroxylation is 1. The van der Waals surface area contributed by atoms with Gasteiger partial charge in [0.05, 0.1) is 15.6 Å². The summed E-state index contributed by atoms with van der Waals surface area (Å²) >= 11 is 12.7. The molecule has 3 aromatic carbocycles. The van der Waals surface area contributed by atoms with Crippen LogP contribution in [0.15, 0.2) is 77.7 Å². The second-order valence-corrected chi connectivity index (χ2v) is 12.7. The van der Waals surface area contributed by atoms with Gasteiger partial charge in [0.25, 0.3) is 10.0 Å². The first-order chi connectivity index (χ1) is 19.5. The van der Waals surface area contributed by atoms with Gasteiger partial charge in [0, 0.05) is 17.6 Å². The number of sulfonamides is 1. The van der Waals surface area contributed by atoms with Crippen LogP contribution in [-0.2, 0) is 26.0 Å². The number of halogens is 2. The standard InChI is InChI=1S/C31H37Cl2N3O4S/c1-5-23(4)34-31(38)28(6-2)35(19-18-24-10-8-7-9-11-24)30(37)21-36(29-20-25(32)14-17-27(29)33)41(39,40)26-15-12-22(3)13-16-26/h7-17,20,23,28H,5-6,18-19,21H2,1-4H3,(H,34,38)/t23-,28+/m1/s1. The highest BCUT2D eigenvalue weighted by Crippen LogP contribution is 2.33. The lowest BCUT2D eigenvalue weighted by Gasteiger charge is -2.34. The van der Waals surface area contributed by atoms with E-state index in [2.05, 4.69) is 5.32 Å². The molecule has 0 heterocycles. The number of hydrogen-bond acceptors (Lipinski definition) is 4. The van der Waals surface area contributed by atoms with E-state index >= 15 is 0 Å². The number of rotatable bonds is 13. The fraction of sp³-hybridized carbons (Fsp3) is 0.355. The second kappa shape index (κ2) is 14.7. The number of carbonyl (C=O) groups excluding carboxylic acids is 2. The maximum absolute atomic E-state index is 14.1. The predicted octanol–water partition coefficient (Wildman–Crippen LogP) is 6.26. The van der Waals surface area contributed by atoms with Crippen molar-refractivity contribution >= 4 is 50.7 Å². The molecule has 0 unspecified atom stereocenters. The fourth-order valence-electron chi connectivity index (χ4n) is 4.36. The molecule has 3 aromatic rings. The van der Waals surface area contributed by atoms with Gasteiger partial charge in [0.1, 0.15) is 12.6 Å². The van der Waals surface area contributed by atoms with E-state index in [0.717, 1.165) is 21.9 Å². The molecular formula is C31H37Cl2N3O4S. The van der Waals surface area contributed by atoms with Gasteiger partial charge in [0.15, 0.2) is 0 Å². The summed E-state index contributed by atoms with van der Waals surface area (Å²) in [5.41, 5.74) is 1.95. The predicted molar refractivity (Wildman–Crippen MR) is 166 cm³/mol. The zero-order valence-electron chi connectivity index (χ0n) is 23.8. The van der Waals surface area contributed by atoms with Crippen molar-refractivity contribution in [2.45, 2.75) is 63.9 Å². The molecule has 2 amide bonds. The van der Waals surface area contributed by atoms with Gasteiger partial charge in [-0.15, -0.1) is 0 Å². The average molecular weight is 619 g/mol. The first-order valence-corrected chi connectivity index (χ1v) is 15.9. The van der Waals surface area contributed by atoms with Crippen LogP contribution >= 0.6 is 23.2 Å². The Bertz CT molecular complexity index is 1430. The van der Waals surface area contributed by atoms with Crippen LogP contribution in [0.1, 0.15) is 44.7 Å². The summed E-state index contributed by atoms with van der Waals surface area (Å²) in [5.74, 6) is -0.809. The minimum Gasteiger partial charge on any atom is -0.352 e. The molecule has 0 fully saturated rings. The second-order valence-electron chi connectivity index (χ2n) is 9.99. The Hall–Kier alpha value is -3.07. The molecule has 0 saturated carbocycles. The van der Waals surface area contributed by atoms with Gasteiger partial charge >= 0.3 is 0 Å². The third-order valence-corrected chi connectivity index (χ3v) is 9.26. The molecule has 0 aliphatic rings. The molecule has 7 nitrogen and oxygen atoms in total. The molecule has 0 saturated heterocycles. The molecule has 0 aliphatic heterocycles. The van der Waals surface area contributed by atoms with Crippen LogP contribution in [0.4, 0.5) is 5.69 Å².